The summed E-state index contributed by atoms with van der Waals surface area (Å²) in [5.41, 5.74) is 0. The second-order valence-electron chi connectivity index (χ2n) is 9.39. The van der Waals surface area contributed by atoms with E-state index >= 15 is 0 Å². The van der Waals surface area contributed by atoms with Crippen LogP contribution in [-0.2, 0) is 14.3 Å². The highest BCUT2D eigenvalue weighted by Gasteiger charge is 2.51. The van der Waals surface area contributed by atoms with Crippen LogP contribution < -0.4 is 0 Å². The Bertz CT molecular complexity index is 570. The summed E-state index contributed by atoms with van der Waals surface area (Å²) < 4.78 is 5.04. The van der Waals surface area contributed by atoms with E-state index in [0.29, 0.717) is 31.9 Å². The predicted molar refractivity (Wildman–Crippen MR) is 131 cm³/mol. The van der Waals surface area contributed by atoms with Gasteiger partial charge in [-0.2, -0.15) is 0 Å². The smallest absolute Gasteiger partial charge is 0.233 e. The Hall–Kier alpha value is -0.0300. The Kier molecular flexibility index (Phi) is 12.7. The maximum Gasteiger partial charge on any atom is 0.233 e. The van der Waals surface area contributed by atoms with Crippen molar-refractivity contribution in [1.29, 1.82) is 0 Å². The van der Waals surface area contributed by atoms with Crippen LogP contribution in [0.3, 0.4) is 0 Å². The maximum absolute atomic E-state index is 12.7. The van der Waals surface area contributed by atoms with E-state index in [0.717, 1.165) is 32.1 Å². The van der Waals surface area contributed by atoms with Crippen molar-refractivity contribution in [1.82, 2.24) is 4.90 Å². The van der Waals surface area contributed by atoms with E-state index in [1.807, 2.05) is 13.8 Å². The van der Waals surface area contributed by atoms with Crippen LogP contribution in [0.15, 0.2) is 0 Å². The Morgan fingerprint density at radius 3 is 2.26 bits per heavy atom. The maximum atomic E-state index is 12.7. The van der Waals surface area contributed by atoms with Crippen molar-refractivity contribution in [3.05, 3.63) is 0 Å². The standard InChI is InChI=1S/C22H36Cl3NO3.C2H6/c1-14(2)18(23)7-9-22(3,25)8-5-6-15-12-16-17(13-19(15)24)21(28)26(20(16)27)10-11-29-4;1-2/h14-19H,5-13H2,1-4H3;1-2H3. The number of amides is 2. The molecule has 2 amide bonds. The molecule has 1 heterocycles. The molecule has 0 aromatic rings. The SMILES string of the molecule is CC.COCCN1C(=O)C2CC(Cl)C(CCCC(C)(Cl)CCC(Cl)C(C)C)CC2C1=O. The van der Waals surface area contributed by atoms with Gasteiger partial charge in [-0.15, -0.1) is 34.8 Å². The second-order valence-corrected chi connectivity index (χ2v) is 11.4. The van der Waals surface area contributed by atoms with E-state index in [2.05, 4.69) is 20.8 Å². The molecule has 1 aliphatic heterocycles. The predicted octanol–water partition coefficient (Wildman–Crippen LogP) is 6.49. The summed E-state index contributed by atoms with van der Waals surface area (Å²) in [6, 6.07) is 0. The zero-order valence-electron chi connectivity index (χ0n) is 20.1. The van der Waals surface area contributed by atoms with Crippen LogP contribution in [0.1, 0.15) is 79.6 Å². The van der Waals surface area contributed by atoms with Crippen molar-refractivity contribution < 1.29 is 14.3 Å². The highest BCUT2D eigenvalue weighted by atomic mass is 35.5. The van der Waals surface area contributed by atoms with E-state index in [4.69, 9.17) is 39.5 Å². The summed E-state index contributed by atoms with van der Waals surface area (Å²) >= 11 is 19.7. The Balaban J connectivity index is 0.00000233. The molecule has 1 saturated carbocycles. The first-order valence-electron chi connectivity index (χ1n) is 11.9. The van der Waals surface area contributed by atoms with Gasteiger partial charge in [0.25, 0.3) is 0 Å². The van der Waals surface area contributed by atoms with Gasteiger partial charge in [-0.05, 0) is 57.3 Å². The first-order valence-corrected chi connectivity index (χ1v) is 13.1. The van der Waals surface area contributed by atoms with Gasteiger partial charge in [0.05, 0.1) is 25.0 Å². The number of nitrogens with zero attached hydrogens (tertiary/aromatic N) is 1. The Labute approximate surface area is 204 Å². The molecule has 0 aromatic carbocycles. The van der Waals surface area contributed by atoms with Gasteiger partial charge in [0.15, 0.2) is 0 Å². The minimum Gasteiger partial charge on any atom is -0.383 e. The number of fused-ring (bicyclic) bond motifs is 1. The minimum absolute atomic E-state index is 0.0466. The van der Waals surface area contributed by atoms with Crippen LogP contribution in [0.5, 0.6) is 0 Å². The molecule has 2 fully saturated rings. The molecule has 2 rings (SSSR count). The monoisotopic (exact) mass is 497 g/mol. The van der Waals surface area contributed by atoms with Gasteiger partial charge in [0.2, 0.25) is 11.8 Å². The Morgan fingerprint density at radius 2 is 1.71 bits per heavy atom. The van der Waals surface area contributed by atoms with Crippen LogP contribution >= 0.6 is 34.8 Å². The number of halogens is 3. The lowest BCUT2D eigenvalue weighted by atomic mass is 9.73. The number of rotatable bonds is 11. The molecule has 1 aliphatic carbocycles. The quantitative estimate of drug-likeness (QED) is 0.242. The van der Waals surface area contributed by atoms with Gasteiger partial charge in [-0.1, -0.05) is 34.1 Å². The molecule has 6 atom stereocenters. The van der Waals surface area contributed by atoms with Crippen LogP contribution in [0.4, 0.5) is 0 Å². The third kappa shape index (κ3) is 8.36. The Morgan fingerprint density at radius 1 is 1.13 bits per heavy atom. The molecule has 31 heavy (non-hydrogen) atoms. The van der Waals surface area contributed by atoms with Crippen LogP contribution in [0, 0.1) is 23.7 Å². The summed E-state index contributed by atoms with van der Waals surface area (Å²) in [5.74, 6) is 0.107. The number of ether oxygens (including phenoxy) is 1. The molecular weight excluding hydrogens is 457 g/mol. The highest BCUT2D eigenvalue weighted by molar-refractivity contribution is 6.24. The van der Waals surface area contributed by atoms with E-state index in [1.54, 1.807) is 7.11 Å². The first-order chi connectivity index (χ1) is 14.6. The molecule has 0 radical (unpaired) electrons. The van der Waals surface area contributed by atoms with Gasteiger partial charge < -0.3 is 4.74 Å². The molecule has 0 spiro atoms. The fourth-order valence-corrected chi connectivity index (χ4v) is 5.40. The summed E-state index contributed by atoms with van der Waals surface area (Å²) in [4.78, 5) is 26.4. The fraction of sp³-hybridized carbons (Fsp3) is 0.917. The molecule has 6 unspecified atom stereocenters. The molecule has 4 nitrogen and oxygen atoms in total. The topological polar surface area (TPSA) is 46.6 Å². The highest BCUT2D eigenvalue weighted by Crippen LogP contribution is 2.44. The van der Waals surface area contributed by atoms with Gasteiger partial charge >= 0.3 is 0 Å². The number of alkyl halides is 3. The zero-order valence-corrected chi connectivity index (χ0v) is 22.4. The number of methoxy groups -OCH3 is 1. The first kappa shape index (κ1) is 29.0. The minimum atomic E-state index is -0.267. The molecule has 0 N–H and O–H groups in total. The largest absolute Gasteiger partial charge is 0.383 e. The van der Waals surface area contributed by atoms with E-state index in [1.165, 1.54) is 4.90 Å². The summed E-state index contributed by atoms with van der Waals surface area (Å²) in [6.07, 6.45) is 5.90. The molecule has 0 aromatic heterocycles. The third-order valence-electron chi connectivity index (χ3n) is 6.66. The number of hydrogen-bond acceptors (Lipinski definition) is 3. The van der Waals surface area contributed by atoms with Gasteiger partial charge in [-0.3, -0.25) is 14.5 Å². The van der Waals surface area contributed by atoms with Crippen molar-refractivity contribution in [2.45, 2.75) is 95.2 Å². The number of imide groups is 1. The van der Waals surface area contributed by atoms with Crippen molar-refractivity contribution in [2.75, 3.05) is 20.3 Å². The van der Waals surface area contributed by atoms with E-state index in [-0.39, 0.29) is 45.2 Å². The average Bonchev–Trinajstić information content (AvgIpc) is 2.95. The fourth-order valence-electron chi connectivity index (χ4n) is 4.62. The number of carbonyl (C=O) groups excluding carboxylic acids is 2. The number of hydrogen-bond donors (Lipinski definition) is 0. The van der Waals surface area contributed by atoms with Gasteiger partial charge in [0.1, 0.15) is 0 Å². The van der Waals surface area contributed by atoms with E-state index in [9.17, 15) is 9.59 Å². The molecule has 2 aliphatic rings. The summed E-state index contributed by atoms with van der Waals surface area (Å²) in [6.45, 7) is 11.1. The van der Waals surface area contributed by atoms with Crippen LogP contribution in [0.25, 0.3) is 0 Å². The number of carbonyl (C=O) groups is 2. The lowest BCUT2D eigenvalue weighted by Crippen LogP contribution is -2.34. The van der Waals surface area contributed by atoms with Gasteiger partial charge in [0, 0.05) is 22.7 Å². The summed E-state index contributed by atoms with van der Waals surface area (Å²) in [7, 11) is 1.57. The van der Waals surface area contributed by atoms with Crippen molar-refractivity contribution in [3.63, 3.8) is 0 Å². The van der Waals surface area contributed by atoms with Crippen LogP contribution in [0.2, 0.25) is 0 Å². The van der Waals surface area contributed by atoms with E-state index < -0.39 is 0 Å². The molecule has 7 heteroatoms. The summed E-state index contributed by atoms with van der Waals surface area (Å²) in [5, 5.41) is 0.0904. The molecule has 1 saturated heterocycles. The molecular formula is C24H42Cl3NO3. The average molecular weight is 499 g/mol. The van der Waals surface area contributed by atoms with Crippen molar-refractivity contribution in [2.24, 2.45) is 23.7 Å². The van der Waals surface area contributed by atoms with Crippen molar-refractivity contribution >= 4 is 46.6 Å². The van der Waals surface area contributed by atoms with Gasteiger partial charge in [-0.25, -0.2) is 0 Å². The van der Waals surface area contributed by atoms with Crippen molar-refractivity contribution in [3.8, 4) is 0 Å². The second kappa shape index (κ2) is 13.6. The number of likely N-dealkylation sites (tertiary alicyclic amines) is 1. The van der Waals surface area contributed by atoms with Crippen LogP contribution in [-0.4, -0.2) is 52.6 Å². The molecule has 182 valence electrons. The lowest BCUT2D eigenvalue weighted by molar-refractivity contribution is -0.140. The lowest BCUT2D eigenvalue weighted by Gasteiger charge is -2.33. The zero-order chi connectivity index (χ0) is 23.8. The third-order valence-corrected chi connectivity index (χ3v) is 8.29. The molecule has 0 bridgehead atoms. The normalized spacial score (nSPS) is 28.8.